The minimum absolute atomic E-state index is 0.169. The van der Waals surface area contributed by atoms with Crippen LogP contribution in [0.2, 0.25) is 0 Å². The molecule has 0 aliphatic carbocycles. The largest absolute Gasteiger partial charge is 0.480 e. The Kier molecular flexibility index (Phi) is 7.75. The minimum atomic E-state index is -0.963. The van der Waals surface area contributed by atoms with Crippen LogP contribution in [0.25, 0.3) is 0 Å². The van der Waals surface area contributed by atoms with Crippen LogP contribution in [-0.2, 0) is 20.9 Å². The van der Waals surface area contributed by atoms with Crippen molar-refractivity contribution < 1.29 is 24.3 Å². The number of hydrogen-bond donors (Lipinski definition) is 2. The summed E-state index contributed by atoms with van der Waals surface area (Å²) < 4.78 is 5.21. The maximum Gasteiger partial charge on any atom is 0.407 e. The summed E-state index contributed by atoms with van der Waals surface area (Å²) in [6, 6.07) is 14.9. The molecule has 0 spiro atoms. The van der Waals surface area contributed by atoms with Crippen LogP contribution in [-0.4, -0.2) is 46.5 Å². The highest BCUT2D eigenvalue weighted by atomic mass is 16.7. The molecule has 2 N–H and O–H groups in total. The van der Waals surface area contributed by atoms with Gasteiger partial charge in [-0.25, -0.2) is 4.79 Å². The second kappa shape index (κ2) is 10.5. The monoisotopic (exact) mass is 450 g/mol. The van der Waals surface area contributed by atoms with E-state index in [1.54, 1.807) is 20.8 Å². The van der Waals surface area contributed by atoms with Gasteiger partial charge in [0.15, 0.2) is 0 Å². The van der Waals surface area contributed by atoms with Gasteiger partial charge in [0.2, 0.25) is 0 Å². The molecule has 2 atom stereocenters. The van der Waals surface area contributed by atoms with Gasteiger partial charge in [-0.3, -0.25) is 9.63 Å². The molecule has 0 aromatic heterocycles. The Labute approximate surface area is 194 Å². The Morgan fingerprint density at radius 2 is 1.67 bits per heavy atom. The highest BCUT2D eigenvalue weighted by Crippen LogP contribution is 2.24. The number of amides is 1. The van der Waals surface area contributed by atoms with Gasteiger partial charge in [-0.15, -0.1) is 0 Å². The summed E-state index contributed by atoms with van der Waals surface area (Å²) in [6.07, 6.45) is -0.734. The predicted molar refractivity (Wildman–Crippen MR) is 124 cm³/mol. The summed E-state index contributed by atoms with van der Waals surface area (Å²) in [5.74, 6) is 5.31. The fourth-order valence-corrected chi connectivity index (χ4v) is 3.33. The first kappa shape index (κ1) is 24.3. The van der Waals surface area contributed by atoms with E-state index in [9.17, 15) is 14.7 Å². The third-order valence-corrected chi connectivity index (χ3v) is 4.97. The Bertz CT molecular complexity index is 1030. The summed E-state index contributed by atoms with van der Waals surface area (Å²) in [4.78, 5) is 29.4. The molecular weight excluding hydrogens is 420 g/mol. The summed E-state index contributed by atoms with van der Waals surface area (Å²) in [5, 5.41) is 13.7. The smallest absolute Gasteiger partial charge is 0.407 e. The highest BCUT2D eigenvalue weighted by molar-refractivity contribution is 5.73. The molecule has 3 rings (SSSR count). The number of ether oxygens (including phenoxy) is 1. The number of hydrogen-bond acceptors (Lipinski definition) is 5. The van der Waals surface area contributed by atoms with Crippen molar-refractivity contribution in [1.29, 1.82) is 0 Å². The summed E-state index contributed by atoms with van der Waals surface area (Å²) in [6.45, 7) is 7.85. The lowest BCUT2D eigenvalue weighted by Crippen LogP contribution is -2.37. The molecule has 0 radical (unpaired) electrons. The topological polar surface area (TPSA) is 88.1 Å². The fraction of sp³-hybridized carbons (Fsp3) is 0.385. The minimum Gasteiger partial charge on any atom is -0.480 e. The van der Waals surface area contributed by atoms with Crippen LogP contribution in [0.15, 0.2) is 48.5 Å². The molecule has 1 fully saturated rings. The number of hydroxylamine groups is 2. The van der Waals surface area contributed by atoms with Crippen molar-refractivity contribution in [3.63, 3.8) is 0 Å². The number of carbonyl (C=O) groups excluding carboxylic acids is 1. The highest BCUT2D eigenvalue weighted by Gasteiger charge is 2.38. The van der Waals surface area contributed by atoms with Crippen molar-refractivity contribution in [2.45, 2.75) is 58.4 Å². The van der Waals surface area contributed by atoms with E-state index in [1.807, 2.05) is 55.5 Å². The predicted octanol–water partition coefficient (Wildman–Crippen LogP) is 3.88. The van der Waals surface area contributed by atoms with E-state index in [2.05, 4.69) is 17.2 Å². The fourth-order valence-electron chi connectivity index (χ4n) is 3.33. The van der Waals surface area contributed by atoms with Gasteiger partial charge >= 0.3 is 12.1 Å². The standard InChI is InChI=1S/C26H30N2O5/c1-18-5-7-19(8-6-18)9-10-20-11-13-21(14-12-20)17-28-23(24(29)30)15-22(33-28)16-27-25(31)32-26(2,3)4/h5-8,11-14,22-23H,15-17H2,1-4H3,(H,27,31)(H,29,30). The average Bonchev–Trinajstić information content (AvgIpc) is 3.15. The summed E-state index contributed by atoms with van der Waals surface area (Å²) in [7, 11) is 0. The first-order valence-corrected chi connectivity index (χ1v) is 10.9. The molecule has 1 aliphatic heterocycles. The van der Waals surface area contributed by atoms with Gasteiger partial charge in [0, 0.05) is 24.1 Å². The zero-order valence-electron chi connectivity index (χ0n) is 19.4. The molecule has 0 bridgehead atoms. The molecule has 2 aromatic carbocycles. The average molecular weight is 451 g/mol. The second-order valence-electron chi connectivity index (χ2n) is 9.09. The molecule has 1 heterocycles. The lowest BCUT2D eigenvalue weighted by atomic mass is 10.1. The molecule has 33 heavy (non-hydrogen) atoms. The number of carboxylic acid groups (broad SMARTS) is 1. The van der Waals surface area contributed by atoms with Crippen LogP contribution in [0, 0.1) is 18.8 Å². The van der Waals surface area contributed by atoms with Crippen molar-refractivity contribution in [1.82, 2.24) is 10.4 Å². The Morgan fingerprint density at radius 3 is 2.21 bits per heavy atom. The van der Waals surface area contributed by atoms with Crippen LogP contribution in [0.4, 0.5) is 4.79 Å². The zero-order chi connectivity index (χ0) is 24.0. The molecule has 0 saturated carbocycles. The van der Waals surface area contributed by atoms with Crippen molar-refractivity contribution in [2.24, 2.45) is 0 Å². The molecule has 7 heteroatoms. The maximum atomic E-state index is 11.9. The Morgan fingerprint density at radius 1 is 1.09 bits per heavy atom. The molecule has 174 valence electrons. The molecule has 2 aromatic rings. The number of nitrogens with one attached hydrogen (secondary N) is 1. The molecular formula is C26H30N2O5. The van der Waals surface area contributed by atoms with Gasteiger partial charge in [0.05, 0.1) is 12.6 Å². The molecule has 1 amide bonds. The number of alkyl carbamates (subject to hydrolysis) is 1. The molecule has 1 aliphatic rings. The quantitative estimate of drug-likeness (QED) is 0.673. The first-order chi connectivity index (χ1) is 15.6. The number of carbonyl (C=O) groups is 2. The number of nitrogens with zero attached hydrogens (tertiary/aromatic N) is 1. The van der Waals surface area contributed by atoms with Gasteiger partial charge < -0.3 is 15.2 Å². The van der Waals surface area contributed by atoms with E-state index in [4.69, 9.17) is 9.57 Å². The summed E-state index contributed by atoms with van der Waals surface area (Å²) in [5.41, 5.74) is 3.31. The Hall–Kier alpha value is -3.34. The first-order valence-electron chi connectivity index (χ1n) is 10.9. The maximum absolute atomic E-state index is 11.9. The van der Waals surface area contributed by atoms with E-state index in [-0.39, 0.29) is 13.0 Å². The van der Waals surface area contributed by atoms with Crippen LogP contribution in [0.5, 0.6) is 0 Å². The van der Waals surface area contributed by atoms with Crippen LogP contribution in [0.1, 0.15) is 49.4 Å². The Balaban J connectivity index is 1.57. The van der Waals surface area contributed by atoms with E-state index in [0.29, 0.717) is 6.54 Å². The molecule has 7 nitrogen and oxygen atoms in total. The van der Waals surface area contributed by atoms with Crippen molar-refractivity contribution in [3.8, 4) is 11.8 Å². The van der Waals surface area contributed by atoms with E-state index >= 15 is 0 Å². The van der Waals surface area contributed by atoms with Gasteiger partial charge in [-0.2, -0.15) is 5.06 Å². The number of carboxylic acids is 1. The van der Waals surface area contributed by atoms with Crippen molar-refractivity contribution >= 4 is 12.1 Å². The van der Waals surface area contributed by atoms with Gasteiger partial charge in [-0.05, 0) is 57.5 Å². The zero-order valence-corrected chi connectivity index (χ0v) is 19.4. The third-order valence-electron chi connectivity index (χ3n) is 4.97. The second-order valence-corrected chi connectivity index (χ2v) is 9.09. The van der Waals surface area contributed by atoms with E-state index < -0.39 is 29.8 Å². The molecule has 2 unspecified atom stereocenters. The number of aryl methyl sites for hydroxylation is 1. The number of benzene rings is 2. The number of aliphatic carboxylic acids is 1. The van der Waals surface area contributed by atoms with Gasteiger partial charge in [0.25, 0.3) is 0 Å². The van der Waals surface area contributed by atoms with E-state index in [1.165, 1.54) is 10.6 Å². The molecule has 1 saturated heterocycles. The van der Waals surface area contributed by atoms with Gasteiger partial charge in [-0.1, -0.05) is 41.7 Å². The van der Waals surface area contributed by atoms with Crippen LogP contribution < -0.4 is 5.32 Å². The van der Waals surface area contributed by atoms with Gasteiger partial charge in [0.1, 0.15) is 11.6 Å². The SMILES string of the molecule is Cc1ccc(C#Cc2ccc(CN3OC(CNC(=O)OC(C)(C)C)CC3C(=O)O)cc2)cc1. The van der Waals surface area contributed by atoms with Crippen molar-refractivity contribution in [2.75, 3.05) is 6.54 Å². The van der Waals surface area contributed by atoms with Crippen LogP contribution >= 0.6 is 0 Å². The van der Waals surface area contributed by atoms with Crippen molar-refractivity contribution in [3.05, 3.63) is 70.8 Å². The lowest BCUT2D eigenvalue weighted by Gasteiger charge is -2.21. The number of rotatable bonds is 5. The lowest BCUT2D eigenvalue weighted by molar-refractivity contribution is -0.182. The normalized spacial score (nSPS) is 18.3. The third kappa shape index (κ3) is 7.63. The van der Waals surface area contributed by atoms with Crippen LogP contribution in [0.3, 0.4) is 0 Å². The summed E-state index contributed by atoms with van der Waals surface area (Å²) >= 11 is 0. The van der Waals surface area contributed by atoms with E-state index in [0.717, 1.165) is 16.7 Å².